The summed E-state index contributed by atoms with van der Waals surface area (Å²) < 4.78 is 53.2. The van der Waals surface area contributed by atoms with Crippen LogP contribution in [0.3, 0.4) is 0 Å². The fourth-order valence-corrected chi connectivity index (χ4v) is 3.47. The van der Waals surface area contributed by atoms with Crippen LogP contribution in [-0.4, -0.2) is 8.42 Å². The molecule has 20 heavy (non-hydrogen) atoms. The molecule has 0 aromatic heterocycles. The van der Waals surface area contributed by atoms with E-state index < -0.39 is 21.7 Å². The highest BCUT2D eigenvalue weighted by atomic mass is 79.9. The van der Waals surface area contributed by atoms with E-state index in [-0.39, 0.29) is 10.6 Å². The number of benzene rings is 2. The van der Waals surface area contributed by atoms with Crippen LogP contribution in [0.5, 0.6) is 0 Å². The summed E-state index contributed by atoms with van der Waals surface area (Å²) in [4.78, 5) is 0.0663. The number of hydrogen-bond donors (Lipinski definition) is 1. The first-order valence-electron chi connectivity index (χ1n) is 5.53. The Balaban J connectivity index is 2.40. The second-order valence-corrected chi connectivity index (χ2v) is 6.71. The van der Waals surface area contributed by atoms with Crippen LogP contribution in [0.4, 0.5) is 14.5 Å². The van der Waals surface area contributed by atoms with Gasteiger partial charge in [0.2, 0.25) is 0 Å². The van der Waals surface area contributed by atoms with Gasteiger partial charge in [-0.25, -0.2) is 17.2 Å². The average molecular weight is 362 g/mol. The van der Waals surface area contributed by atoms with Crippen molar-refractivity contribution in [1.29, 1.82) is 0 Å². The van der Waals surface area contributed by atoms with Crippen LogP contribution in [0.15, 0.2) is 45.8 Å². The minimum absolute atomic E-state index is 0.0386. The van der Waals surface area contributed by atoms with Crippen LogP contribution in [-0.2, 0) is 10.0 Å². The van der Waals surface area contributed by atoms with Gasteiger partial charge in [-0.1, -0.05) is 22.0 Å². The lowest BCUT2D eigenvalue weighted by molar-refractivity contribution is 0.509. The zero-order valence-corrected chi connectivity index (χ0v) is 12.7. The SMILES string of the molecule is Cc1ccc(Br)cc1S(=O)(=O)Nc1ccc(F)c(F)c1. The Kier molecular flexibility index (Phi) is 4.10. The number of rotatable bonds is 3. The van der Waals surface area contributed by atoms with Crippen molar-refractivity contribution in [3.63, 3.8) is 0 Å². The Hall–Kier alpha value is -1.47. The van der Waals surface area contributed by atoms with Gasteiger partial charge in [-0.2, -0.15) is 0 Å². The fraction of sp³-hybridized carbons (Fsp3) is 0.0769. The van der Waals surface area contributed by atoms with Crippen LogP contribution in [0.1, 0.15) is 5.56 Å². The van der Waals surface area contributed by atoms with Crippen molar-refractivity contribution in [3.8, 4) is 0 Å². The molecule has 2 rings (SSSR count). The van der Waals surface area contributed by atoms with E-state index in [0.717, 1.165) is 18.2 Å². The van der Waals surface area contributed by atoms with E-state index in [1.807, 2.05) is 0 Å². The van der Waals surface area contributed by atoms with Gasteiger partial charge >= 0.3 is 0 Å². The molecule has 0 radical (unpaired) electrons. The Morgan fingerprint density at radius 2 is 1.75 bits per heavy atom. The maximum absolute atomic E-state index is 13.1. The highest BCUT2D eigenvalue weighted by Crippen LogP contribution is 2.23. The van der Waals surface area contributed by atoms with E-state index in [1.54, 1.807) is 19.1 Å². The van der Waals surface area contributed by atoms with Crippen molar-refractivity contribution in [3.05, 3.63) is 58.1 Å². The van der Waals surface area contributed by atoms with Gasteiger partial charge in [-0.3, -0.25) is 4.72 Å². The molecule has 2 aromatic rings. The summed E-state index contributed by atoms with van der Waals surface area (Å²) in [7, 11) is -3.87. The number of hydrogen-bond acceptors (Lipinski definition) is 2. The molecular weight excluding hydrogens is 352 g/mol. The minimum Gasteiger partial charge on any atom is -0.280 e. The van der Waals surface area contributed by atoms with Gasteiger partial charge in [0.15, 0.2) is 11.6 Å². The smallest absolute Gasteiger partial charge is 0.262 e. The lowest BCUT2D eigenvalue weighted by Crippen LogP contribution is -2.14. The molecule has 2 aromatic carbocycles. The normalized spacial score (nSPS) is 11.4. The number of sulfonamides is 1. The zero-order chi connectivity index (χ0) is 14.9. The maximum atomic E-state index is 13.1. The van der Waals surface area contributed by atoms with E-state index in [4.69, 9.17) is 0 Å². The quantitative estimate of drug-likeness (QED) is 0.902. The summed E-state index contributed by atoms with van der Waals surface area (Å²) in [5.41, 5.74) is 0.506. The zero-order valence-electron chi connectivity index (χ0n) is 10.3. The van der Waals surface area contributed by atoms with Crippen LogP contribution < -0.4 is 4.72 Å². The fourth-order valence-electron chi connectivity index (χ4n) is 1.63. The summed E-state index contributed by atoms with van der Waals surface area (Å²) in [6.45, 7) is 1.65. The summed E-state index contributed by atoms with van der Waals surface area (Å²) in [6.07, 6.45) is 0. The summed E-state index contributed by atoms with van der Waals surface area (Å²) in [6, 6.07) is 7.61. The van der Waals surface area contributed by atoms with Crippen LogP contribution in [0.2, 0.25) is 0 Å². The molecule has 0 spiro atoms. The Labute approximate surface area is 123 Å². The largest absolute Gasteiger partial charge is 0.280 e. The van der Waals surface area contributed by atoms with E-state index in [0.29, 0.717) is 10.0 Å². The van der Waals surface area contributed by atoms with Crippen LogP contribution in [0, 0.1) is 18.6 Å². The number of aryl methyl sites for hydroxylation is 1. The Morgan fingerprint density at radius 1 is 1.05 bits per heavy atom. The van der Waals surface area contributed by atoms with E-state index in [2.05, 4.69) is 20.7 Å². The topological polar surface area (TPSA) is 46.2 Å². The Bertz CT molecular complexity index is 763. The average Bonchev–Trinajstić information content (AvgIpc) is 2.36. The number of halogens is 3. The molecule has 0 atom stereocenters. The number of nitrogens with one attached hydrogen (secondary N) is 1. The molecule has 0 unspecified atom stereocenters. The van der Waals surface area contributed by atoms with Gasteiger partial charge in [0.1, 0.15) is 0 Å². The molecule has 0 saturated carbocycles. The molecule has 3 nitrogen and oxygen atoms in total. The molecular formula is C13H10BrF2NO2S. The van der Waals surface area contributed by atoms with Crippen LogP contribution in [0.25, 0.3) is 0 Å². The Morgan fingerprint density at radius 3 is 2.40 bits per heavy atom. The van der Waals surface area contributed by atoms with Gasteiger partial charge in [-0.05, 0) is 36.8 Å². The monoisotopic (exact) mass is 361 g/mol. The molecule has 0 heterocycles. The second-order valence-electron chi connectivity index (χ2n) is 4.14. The van der Waals surface area contributed by atoms with Gasteiger partial charge in [-0.15, -0.1) is 0 Å². The lowest BCUT2D eigenvalue weighted by Gasteiger charge is -2.11. The predicted octanol–water partition coefficient (Wildman–Crippen LogP) is 3.84. The van der Waals surface area contributed by atoms with E-state index >= 15 is 0 Å². The molecule has 0 fully saturated rings. The third-order valence-corrected chi connectivity index (χ3v) is 4.63. The van der Waals surface area contributed by atoms with E-state index in [1.165, 1.54) is 6.07 Å². The standard InChI is InChI=1S/C13H10BrF2NO2S/c1-8-2-3-9(14)6-13(8)20(18,19)17-10-4-5-11(15)12(16)7-10/h2-7,17H,1H3. The first-order valence-corrected chi connectivity index (χ1v) is 7.81. The molecule has 7 heteroatoms. The lowest BCUT2D eigenvalue weighted by atomic mass is 10.2. The molecule has 0 bridgehead atoms. The summed E-state index contributed by atoms with van der Waals surface area (Å²) in [5, 5.41) is 0. The summed E-state index contributed by atoms with van der Waals surface area (Å²) in [5.74, 6) is -2.15. The first kappa shape index (κ1) is 14.9. The molecule has 106 valence electrons. The molecule has 0 aliphatic rings. The van der Waals surface area contributed by atoms with Gasteiger partial charge in [0, 0.05) is 10.5 Å². The highest BCUT2D eigenvalue weighted by Gasteiger charge is 2.18. The second kappa shape index (κ2) is 5.49. The van der Waals surface area contributed by atoms with Crippen molar-refractivity contribution in [2.24, 2.45) is 0 Å². The van der Waals surface area contributed by atoms with Crippen molar-refractivity contribution < 1.29 is 17.2 Å². The molecule has 0 aliphatic heterocycles. The third-order valence-electron chi connectivity index (χ3n) is 2.61. The van der Waals surface area contributed by atoms with E-state index in [9.17, 15) is 17.2 Å². The molecule has 0 amide bonds. The first-order chi connectivity index (χ1) is 9.29. The van der Waals surface area contributed by atoms with Crippen molar-refractivity contribution in [1.82, 2.24) is 0 Å². The molecule has 0 aliphatic carbocycles. The predicted molar refractivity (Wildman–Crippen MR) is 76.0 cm³/mol. The summed E-state index contributed by atoms with van der Waals surface area (Å²) >= 11 is 3.19. The van der Waals surface area contributed by atoms with Crippen molar-refractivity contribution in [2.45, 2.75) is 11.8 Å². The molecule has 0 saturated heterocycles. The van der Waals surface area contributed by atoms with Crippen LogP contribution >= 0.6 is 15.9 Å². The third kappa shape index (κ3) is 3.16. The van der Waals surface area contributed by atoms with Gasteiger partial charge < -0.3 is 0 Å². The minimum atomic E-state index is -3.87. The van der Waals surface area contributed by atoms with Gasteiger partial charge in [0.05, 0.1) is 10.6 Å². The molecule has 1 N–H and O–H groups in total. The van der Waals surface area contributed by atoms with Gasteiger partial charge in [0.25, 0.3) is 10.0 Å². The maximum Gasteiger partial charge on any atom is 0.262 e. The van der Waals surface area contributed by atoms with Crippen molar-refractivity contribution >= 4 is 31.6 Å². The van der Waals surface area contributed by atoms with Crippen molar-refractivity contribution in [2.75, 3.05) is 4.72 Å². The number of anilines is 1. The highest BCUT2D eigenvalue weighted by molar-refractivity contribution is 9.10.